The number of carbonyl (C=O) groups excluding carboxylic acids is 2. The van der Waals surface area contributed by atoms with Crippen molar-refractivity contribution in [2.24, 2.45) is 5.73 Å². The molecule has 5 heteroatoms. The number of hydrogen-bond acceptors (Lipinski definition) is 3. The Bertz CT molecular complexity index is 536. The Morgan fingerprint density at radius 3 is 2.32 bits per heavy atom. The number of amides is 2. The summed E-state index contributed by atoms with van der Waals surface area (Å²) in [6, 6.07) is 5.39. The summed E-state index contributed by atoms with van der Waals surface area (Å²) in [7, 11) is 0. The normalized spacial score (nSPS) is 16.4. The standard InChI is InChI=1S/C14H16N2O2S/c1-9-5-4-6-10(13(9)14(15)19)16-11(17)7-2-3-8-12(16)18/h4-6H,2-3,7-8H2,1H3,(H2,15,19). The summed E-state index contributed by atoms with van der Waals surface area (Å²) in [5, 5.41) is 0. The number of nitrogens with zero attached hydrogens (tertiary/aromatic N) is 1. The van der Waals surface area contributed by atoms with Crippen LogP contribution >= 0.6 is 12.2 Å². The van der Waals surface area contributed by atoms with Crippen LogP contribution in [0.25, 0.3) is 0 Å². The molecular formula is C14H16N2O2S. The molecule has 100 valence electrons. The minimum atomic E-state index is -0.175. The van der Waals surface area contributed by atoms with Gasteiger partial charge < -0.3 is 5.73 Å². The van der Waals surface area contributed by atoms with Gasteiger partial charge in [-0.2, -0.15) is 0 Å². The maximum Gasteiger partial charge on any atom is 0.233 e. The Kier molecular flexibility index (Phi) is 3.95. The van der Waals surface area contributed by atoms with Crippen LogP contribution in [0.4, 0.5) is 5.69 Å². The lowest BCUT2D eigenvalue weighted by Gasteiger charge is -2.22. The molecule has 0 saturated carbocycles. The fraction of sp³-hybridized carbons (Fsp3) is 0.357. The predicted octanol–water partition coefficient (Wildman–Crippen LogP) is 2.06. The molecule has 0 aromatic heterocycles. The van der Waals surface area contributed by atoms with E-state index >= 15 is 0 Å². The maximum atomic E-state index is 12.1. The molecule has 1 saturated heterocycles. The molecule has 1 aliphatic heterocycles. The van der Waals surface area contributed by atoms with Crippen LogP contribution in [-0.4, -0.2) is 16.8 Å². The molecule has 0 unspecified atom stereocenters. The van der Waals surface area contributed by atoms with Crippen LogP contribution in [0.3, 0.4) is 0 Å². The molecule has 2 N–H and O–H groups in total. The molecule has 0 spiro atoms. The molecule has 1 aliphatic rings. The number of anilines is 1. The SMILES string of the molecule is Cc1cccc(N2C(=O)CCCCC2=O)c1C(N)=S. The Morgan fingerprint density at radius 2 is 1.79 bits per heavy atom. The van der Waals surface area contributed by atoms with Gasteiger partial charge in [-0.15, -0.1) is 0 Å². The Hall–Kier alpha value is -1.75. The smallest absolute Gasteiger partial charge is 0.233 e. The molecule has 0 aliphatic carbocycles. The number of benzene rings is 1. The van der Waals surface area contributed by atoms with Gasteiger partial charge in [-0.05, 0) is 31.4 Å². The van der Waals surface area contributed by atoms with Gasteiger partial charge in [0.2, 0.25) is 11.8 Å². The van der Waals surface area contributed by atoms with Crippen molar-refractivity contribution in [3.63, 3.8) is 0 Å². The van der Waals surface area contributed by atoms with E-state index in [1.54, 1.807) is 12.1 Å². The van der Waals surface area contributed by atoms with Crippen LogP contribution in [0.2, 0.25) is 0 Å². The third kappa shape index (κ3) is 2.66. The average Bonchev–Trinajstić information content (AvgIpc) is 2.50. The molecule has 0 atom stereocenters. The molecule has 1 fully saturated rings. The monoisotopic (exact) mass is 276 g/mol. The summed E-state index contributed by atoms with van der Waals surface area (Å²) in [5.74, 6) is -0.351. The lowest BCUT2D eigenvalue weighted by molar-refractivity contribution is -0.125. The fourth-order valence-electron chi connectivity index (χ4n) is 2.34. The minimum Gasteiger partial charge on any atom is -0.389 e. The molecule has 1 aromatic rings. The molecule has 0 radical (unpaired) electrons. The Labute approximate surface area is 117 Å². The summed E-state index contributed by atoms with van der Waals surface area (Å²) in [6.07, 6.45) is 2.26. The molecule has 1 aromatic carbocycles. The second-order valence-corrected chi connectivity index (χ2v) is 5.10. The Balaban J connectivity index is 2.56. The number of imide groups is 1. The summed E-state index contributed by atoms with van der Waals surface area (Å²) in [5.41, 5.74) is 7.73. The van der Waals surface area contributed by atoms with E-state index in [1.165, 1.54) is 4.90 Å². The largest absolute Gasteiger partial charge is 0.389 e. The van der Waals surface area contributed by atoms with Crippen LogP contribution in [0.15, 0.2) is 18.2 Å². The molecule has 4 nitrogen and oxygen atoms in total. The topological polar surface area (TPSA) is 63.4 Å². The minimum absolute atomic E-state index is 0.175. The van der Waals surface area contributed by atoms with Gasteiger partial charge in [0.05, 0.1) is 5.69 Å². The van der Waals surface area contributed by atoms with Gasteiger partial charge >= 0.3 is 0 Å². The van der Waals surface area contributed by atoms with Crippen molar-refractivity contribution in [3.8, 4) is 0 Å². The van der Waals surface area contributed by atoms with Crippen molar-refractivity contribution in [2.45, 2.75) is 32.6 Å². The lowest BCUT2D eigenvalue weighted by atomic mass is 10.1. The molecule has 1 heterocycles. The number of aryl methyl sites for hydroxylation is 1. The van der Waals surface area contributed by atoms with Crippen molar-refractivity contribution in [3.05, 3.63) is 29.3 Å². The van der Waals surface area contributed by atoms with Gasteiger partial charge in [-0.25, -0.2) is 4.90 Å². The lowest BCUT2D eigenvalue weighted by Crippen LogP contribution is -2.36. The molecule has 19 heavy (non-hydrogen) atoms. The second-order valence-electron chi connectivity index (χ2n) is 4.66. The average molecular weight is 276 g/mol. The zero-order chi connectivity index (χ0) is 14.0. The van der Waals surface area contributed by atoms with E-state index in [-0.39, 0.29) is 16.8 Å². The summed E-state index contributed by atoms with van der Waals surface area (Å²) in [4.78, 5) is 25.7. The number of rotatable bonds is 2. The van der Waals surface area contributed by atoms with Gasteiger partial charge in [0.1, 0.15) is 4.99 Å². The third-order valence-electron chi connectivity index (χ3n) is 3.27. The summed E-state index contributed by atoms with van der Waals surface area (Å²) >= 11 is 5.05. The first kappa shape index (κ1) is 13.7. The first-order valence-electron chi connectivity index (χ1n) is 6.27. The highest BCUT2D eigenvalue weighted by Gasteiger charge is 2.28. The van der Waals surface area contributed by atoms with E-state index in [1.807, 2.05) is 13.0 Å². The van der Waals surface area contributed by atoms with Crippen molar-refractivity contribution < 1.29 is 9.59 Å². The van der Waals surface area contributed by atoms with Crippen LogP contribution in [-0.2, 0) is 9.59 Å². The fourth-order valence-corrected chi connectivity index (χ4v) is 2.61. The molecule has 2 amide bonds. The molecule has 2 rings (SSSR count). The number of hydrogen-bond donors (Lipinski definition) is 1. The zero-order valence-corrected chi connectivity index (χ0v) is 11.6. The second kappa shape index (κ2) is 5.48. The van der Waals surface area contributed by atoms with Gasteiger partial charge in [0.25, 0.3) is 0 Å². The van der Waals surface area contributed by atoms with Crippen LogP contribution < -0.4 is 10.6 Å². The van der Waals surface area contributed by atoms with Crippen molar-refractivity contribution in [1.82, 2.24) is 0 Å². The van der Waals surface area contributed by atoms with Crippen molar-refractivity contribution in [2.75, 3.05) is 4.90 Å². The summed E-state index contributed by atoms with van der Waals surface area (Å²) < 4.78 is 0. The van der Waals surface area contributed by atoms with Crippen molar-refractivity contribution in [1.29, 1.82) is 0 Å². The number of nitrogens with two attached hydrogens (primary N) is 1. The highest BCUT2D eigenvalue weighted by Crippen LogP contribution is 2.27. The zero-order valence-electron chi connectivity index (χ0n) is 10.8. The van der Waals surface area contributed by atoms with Gasteiger partial charge in [0.15, 0.2) is 0 Å². The highest BCUT2D eigenvalue weighted by molar-refractivity contribution is 7.80. The number of thiocarbonyl (C=S) groups is 1. The van der Waals surface area contributed by atoms with Gasteiger partial charge in [0, 0.05) is 18.4 Å². The van der Waals surface area contributed by atoms with Crippen LogP contribution in [0.5, 0.6) is 0 Å². The van der Waals surface area contributed by atoms with E-state index in [9.17, 15) is 9.59 Å². The van der Waals surface area contributed by atoms with E-state index in [0.29, 0.717) is 24.1 Å². The van der Waals surface area contributed by atoms with Crippen LogP contribution in [0, 0.1) is 6.92 Å². The first-order chi connectivity index (χ1) is 9.02. The van der Waals surface area contributed by atoms with E-state index in [2.05, 4.69) is 0 Å². The van der Waals surface area contributed by atoms with E-state index < -0.39 is 0 Å². The van der Waals surface area contributed by atoms with E-state index in [0.717, 1.165) is 18.4 Å². The number of carbonyl (C=O) groups is 2. The van der Waals surface area contributed by atoms with Gasteiger partial charge in [-0.1, -0.05) is 24.4 Å². The van der Waals surface area contributed by atoms with Crippen LogP contribution in [0.1, 0.15) is 36.8 Å². The van der Waals surface area contributed by atoms with E-state index in [4.69, 9.17) is 18.0 Å². The quantitative estimate of drug-likeness (QED) is 0.663. The van der Waals surface area contributed by atoms with Crippen molar-refractivity contribution >= 4 is 34.7 Å². The first-order valence-corrected chi connectivity index (χ1v) is 6.68. The predicted molar refractivity (Wildman–Crippen MR) is 78.0 cm³/mol. The highest BCUT2D eigenvalue weighted by atomic mass is 32.1. The molecular weight excluding hydrogens is 260 g/mol. The summed E-state index contributed by atoms with van der Waals surface area (Å²) in [6.45, 7) is 1.87. The van der Waals surface area contributed by atoms with Gasteiger partial charge in [-0.3, -0.25) is 9.59 Å². The maximum absolute atomic E-state index is 12.1. The third-order valence-corrected chi connectivity index (χ3v) is 3.47. The molecule has 0 bridgehead atoms. The Morgan fingerprint density at radius 1 is 1.21 bits per heavy atom.